The third kappa shape index (κ3) is 11.7. The summed E-state index contributed by atoms with van der Waals surface area (Å²) in [4.78, 5) is 49.9. The highest BCUT2D eigenvalue weighted by molar-refractivity contribution is 7.98. The number of carboxylic acid groups (broad SMARTS) is 1. The lowest BCUT2D eigenvalue weighted by atomic mass is 9.98. The number of carboxylic acids is 1. The van der Waals surface area contributed by atoms with Gasteiger partial charge in [0.1, 0.15) is 18.1 Å². The summed E-state index contributed by atoms with van der Waals surface area (Å²) in [5, 5.41) is 17.3. The maximum atomic E-state index is 13.0. The van der Waals surface area contributed by atoms with Gasteiger partial charge in [-0.05, 0) is 56.1 Å². The highest BCUT2D eigenvalue weighted by Gasteiger charge is 2.32. The number of carbonyl (C=O) groups excluding carboxylic acids is 3. The Labute approximate surface area is 201 Å². The van der Waals surface area contributed by atoms with Crippen LogP contribution >= 0.6 is 11.8 Å². The van der Waals surface area contributed by atoms with Crippen LogP contribution in [-0.2, 0) is 19.2 Å². The molecule has 0 aromatic carbocycles. The van der Waals surface area contributed by atoms with E-state index < -0.39 is 47.9 Å². The van der Waals surface area contributed by atoms with Crippen molar-refractivity contribution < 1.29 is 24.3 Å². The molecule has 0 aromatic heterocycles. The van der Waals surface area contributed by atoms with Crippen LogP contribution in [0.4, 0.5) is 0 Å². The van der Waals surface area contributed by atoms with Crippen LogP contribution in [0.1, 0.15) is 59.8 Å². The van der Waals surface area contributed by atoms with Crippen molar-refractivity contribution in [2.45, 2.75) is 84.0 Å². The van der Waals surface area contributed by atoms with Gasteiger partial charge in [-0.1, -0.05) is 34.1 Å². The van der Waals surface area contributed by atoms with Gasteiger partial charge in [-0.2, -0.15) is 11.8 Å². The molecule has 0 heterocycles. The maximum Gasteiger partial charge on any atom is 0.326 e. The van der Waals surface area contributed by atoms with Crippen molar-refractivity contribution in [1.82, 2.24) is 16.0 Å². The van der Waals surface area contributed by atoms with Gasteiger partial charge in [0.25, 0.3) is 0 Å². The summed E-state index contributed by atoms with van der Waals surface area (Å²) in [6.07, 6.45) is 4.48. The molecule has 5 unspecified atom stereocenters. The Morgan fingerprint density at radius 3 is 2.00 bits per heavy atom. The molecule has 0 aromatic rings. The molecule has 0 saturated heterocycles. The van der Waals surface area contributed by atoms with Gasteiger partial charge in [-0.3, -0.25) is 14.4 Å². The average molecular weight is 490 g/mol. The van der Waals surface area contributed by atoms with Crippen LogP contribution < -0.4 is 27.4 Å². The van der Waals surface area contributed by atoms with Gasteiger partial charge in [0.2, 0.25) is 17.7 Å². The van der Waals surface area contributed by atoms with E-state index >= 15 is 0 Å². The first kappa shape index (κ1) is 31.1. The number of hydrogen-bond donors (Lipinski definition) is 6. The summed E-state index contributed by atoms with van der Waals surface area (Å²) in [6.45, 7) is 7.76. The first-order valence-electron chi connectivity index (χ1n) is 11.6. The molecule has 0 aliphatic carbocycles. The zero-order valence-corrected chi connectivity index (χ0v) is 21.4. The normalized spacial score (nSPS) is 15.8. The molecule has 8 N–H and O–H groups in total. The van der Waals surface area contributed by atoms with Crippen molar-refractivity contribution in [2.24, 2.45) is 23.3 Å². The van der Waals surface area contributed by atoms with E-state index in [1.807, 2.05) is 20.1 Å². The molecule has 0 saturated carbocycles. The van der Waals surface area contributed by atoms with E-state index in [1.54, 1.807) is 13.8 Å². The third-order valence-electron chi connectivity index (χ3n) is 5.61. The van der Waals surface area contributed by atoms with Crippen LogP contribution in [0.2, 0.25) is 0 Å². The van der Waals surface area contributed by atoms with E-state index in [2.05, 4.69) is 16.0 Å². The van der Waals surface area contributed by atoms with Crippen molar-refractivity contribution in [3.05, 3.63) is 0 Å². The molecule has 0 aliphatic heterocycles. The lowest BCUT2D eigenvalue weighted by molar-refractivity contribution is -0.142. The lowest BCUT2D eigenvalue weighted by Gasteiger charge is -2.27. The monoisotopic (exact) mass is 489 g/mol. The van der Waals surface area contributed by atoms with Gasteiger partial charge in [0.05, 0.1) is 6.04 Å². The van der Waals surface area contributed by atoms with E-state index in [4.69, 9.17) is 11.5 Å². The SMILES string of the molecule is CCC(C)C(N)C(=O)NC(CCCCN)C(=O)NC(C(=O)NC(CCSC)C(=O)O)C(C)C. The number of amides is 3. The molecule has 0 spiro atoms. The van der Waals surface area contributed by atoms with Gasteiger partial charge < -0.3 is 32.5 Å². The largest absolute Gasteiger partial charge is 0.480 e. The summed E-state index contributed by atoms with van der Waals surface area (Å²) in [5.74, 6) is -2.42. The van der Waals surface area contributed by atoms with Crippen LogP contribution in [0.5, 0.6) is 0 Å². The van der Waals surface area contributed by atoms with Crippen LogP contribution in [-0.4, -0.2) is 71.5 Å². The number of thioether (sulfide) groups is 1. The van der Waals surface area contributed by atoms with E-state index in [0.717, 1.165) is 6.42 Å². The standard InChI is InChI=1S/C22H43N5O5S/c1-6-14(4)17(24)20(29)25-15(9-7-8-11-23)19(28)27-18(13(2)3)21(30)26-16(22(31)32)10-12-33-5/h13-18H,6-12,23-24H2,1-5H3,(H,25,29)(H,26,30)(H,27,28)(H,31,32). The summed E-state index contributed by atoms with van der Waals surface area (Å²) < 4.78 is 0. The minimum Gasteiger partial charge on any atom is -0.480 e. The smallest absolute Gasteiger partial charge is 0.326 e. The molecule has 0 rings (SSSR count). The minimum absolute atomic E-state index is 0.0545. The predicted octanol–water partition coefficient (Wildman–Crippen LogP) is 0.437. The van der Waals surface area contributed by atoms with Crippen molar-refractivity contribution in [3.63, 3.8) is 0 Å². The van der Waals surface area contributed by atoms with Crippen LogP contribution in [0.3, 0.4) is 0 Å². The predicted molar refractivity (Wildman–Crippen MR) is 132 cm³/mol. The fourth-order valence-electron chi connectivity index (χ4n) is 3.09. The molecule has 33 heavy (non-hydrogen) atoms. The van der Waals surface area contributed by atoms with Gasteiger partial charge in [0.15, 0.2) is 0 Å². The quantitative estimate of drug-likeness (QED) is 0.159. The van der Waals surface area contributed by atoms with E-state index in [-0.39, 0.29) is 18.3 Å². The zero-order valence-electron chi connectivity index (χ0n) is 20.6. The first-order valence-corrected chi connectivity index (χ1v) is 13.0. The Hall–Kier alpha value is -1.85. The average Bonchev–Trinajstić information content (AvgIpc) is 2.77. The van der Waals surface area contributed by atoms with E-state index in [1.165, 1.54) is 11.8 Å². The first-order chi connectivity index (χ1) is 15.5. The Bertz CT molecular complexity index is 634. The second kappa shape index (κ2) is 16.7. The Morgan fingerprint density at radius 2 is 1.52 bits per heavy atom. The minimum atomic E-state index is -1.13. The van der Waals surface area contributed by atoms with Gasteiger partial charge in [-0.15, -0.1) is 0 Å². The van der Waals surface area contributed by atoms with E-state index in [9.17, 15) is 24.3 Å². The maximum absolute atomic E-state index is 13.0. The highest BCUT2D eigenvalue weighted by atomic mass is 32.2. The number of aliphatic carboxylic acids is 1. The molecule has 11 heteroatoms. The number of nitrogens with one attached hydrogen (secondary N) is 3. The second-order valence-corrected chi connectivity index (χ2v) is 9.65. The molecule has 192 valence electrons. The molecule has 0 fully saturated rings. The fourth-order valence-corrected chi connectivity index (χ4v) is 3.56. The number of unbranched alkanes of at least 4 members (excludes halogenated alkanes) is 1. The molecular weight excluding hydrogens is 446 g/mol. The van der Waals surface area contributed by atoms with Crippen molar-refractivity contribution in [3.8, 4) is 0 Å². The van der Waals surface area contributed by atoms with Crippen LogP contribution in [0, 0.1) is 11.8 Å². The zero-order chi connectivity index (χ0) is 25.6. The lowest BCUT2D eigenvalue weighted by Crippen LogP contribution is -2.58. The molecule has 5 atom stereocenters. The Balaban J connectivity index is 5.41. The van der Waals surface area contributed by atoms with Crippen molar-refractivity contribution in [1.29, 1.82) is 0 Å². The number of nitrogens with two attached hydrogens (primary N) is 2. The number of hydrogen-bond acceptors (Lipinski definition) is 7. The highest BCUT2D eigenvalue weighted by Crippen LogP contribution is 2.10. The molecule has 0 aliphatic rings. The topological polar surface area (TPSA) is 177 Å². The summed E-state index contributed by atoms with van der Waals surface area (Å²) >= 11 is 1.48. The summed E-state index contributed by atoms with van der Waals surface area (Å²) in [7, 11) is 0. The van der Waals surface area contributed by atoms with Gasteiger partial charge in [-0.25, -0.2) is 4.79 Å². The Morgan fingerprint density at radius 1 is 0.909 bits per heavy atom. The third-order valence-corrected chi connectivity index (χ3v) is 6.26. The second-order valence-electron chi connectivity index (χ2n) is 8.67. The van der Waals surface area contributed by atoms with Crippen molar-refractivity contribution >= 4 is 35.5 Å². The fraction of sp³-hybridized carbons (Fsp3) is 0.818. The molecule has 0 bridgehead atoms. The van der Waals surface area contributed by atoms with Crippen LogP contribution in [0.15, 0.2) is 0 Å². The molecular formula is C22H43N5O5S. The number of rotatable bonds is 17. The molecule has 0 radical (unpaired) electrons. The van der Waals surface area contributed by atoms with Crippen LogP contribution in [0.25, 0.3) is 0 Å². The van der Waals surface area contributed by atoms with E-state index in [0.29, 0.717) is 31.6 Å². The summed E-state index contributed by atoms with van der Waals surface area (Å²) in [5.41, 5.74) is 11.6. The van der Waals surface area contributed by atoms with Gasteiger partial charge in [0, 0.05) is 0 Å². The number of carbonyl (C=O) groups is 4. The molecule has 3 amide bonds. The van der Waals surface area contributed by atoms with Crippen molar-refractivity contribution in [2.75, 3.05) is 18.6 Å². The summed E-state index contributed by atoms with van der Waals surface area (Å²) in [6, 6.07) is -3.63. The van der Waals surface area contributed by atoms with Gasteiger partial charge >= 0.3 is 5.97 Å². The molecule has 10 nitrogen and oxygen atoms in total. The Kier molecular flexibility index (Phi) is 15.8.